The van der Waals surface area contributed by atoms with Crippen LogP contribution in [0, 0.1) is 0 Å². The summed E-state index contributed by atoms with van der Waals surface area (Å²) in [6.07, 6.45) is 0. The molecule has 0 radical (unpaired) electrons. The van der Waals surface area contributed by atoms with E-state index >= 15 is 0 Å². The van der Waals surface area contributed by atoms with Crippen molar-refractivity contribution in [1.82, 2.24) is 4.31 Å². The molecule has 2 aromatic carbocycles. The van der Waals surface area contributed by atoms with Gasteiger partial charge in [-0.3, -0.25) is 9.59 Å². The van der Waals surface area contributed by atoms with Crippen LogP contribution in [0.1, 0.15) is 10.6 Å². The first kappa shape index (κ1) is 19.1. The van der Waals surface area contributed by atoms with E-state index in [-0.39, 0.29) is 27.3 Å². The minimum Gasteiger partial charge on any atom is -0.451 e. The van der Waals surface area contributed by atoms with Crippen molar-refractivity contribution in [3.63, 3.8) is 0 Å². The quantitative estimate of drug-likeness (QED) is 0.718. The number of halogens is 1. The number of nitrogens with zero attached hydrogens (tertiary/aromatic N) is 1. The number of amides is 1. The van der Waals surface area contributed by atoms with Gasteiger partial charge in [0, 0.05) is 30.9 Å². The SMILES string of the molecule is CN(C)S(=O)(=O)c1cccc(NC(=O)c2cc(=O)c3cc(Cl)ccc3o2)c1. The van der Waals surface area contributed by atoms with Gasteiger partial charge >= 0.3 is 0 Å². The Morgan fingerprint density at radius 1 is 1.11 bits per heavy atom. The van der Waals surface area contributed by atoms with Gasteiger partial charge in [0.2, 0.25) is 10.0 Å². The van der Waals surface area contributed by atoms with Crippen molar-refractivity contribution in [2.24, 2.45) is 0 Å². The van der Waals surface area contributed by atoms with Crippen LogP contribution in [0.5, 0.6) is 0 Å². The van der Waals surface area contributed by atoms with Crippen LogP contribution in [-0.4, -0.2) is 32.7 Å². The molecule has 1 aromatic heterocycles. The summed E-state index contributed by atoms with van der Waals surface area (Å²) in [6, 6.07) is 11.4. The van der Waals surface area contributed by atoms with Crippen LogP contribution in [0.3, 0.4) is 0 Å². The maximum Gasteiger partial charge on any atom is 0.291 e. The molecule has 0 unspecified atom stereocenters. The molecule has 27 heavy (non-hydrogen) atoms. The number of carbonyl (C=O) groups excluding carboxylic acids is 1. The van der Waals surface area contributed by atoms with Crippen LogP contribution in [0.15, 0.2) is 62.6 Å². The van der Waals surface area contributed by atoms with Crippen LogP contribution < -0.4 is 10.7 Å². The van der Waals surface area contributed by atoms with Crippen molar-refractivity contribution in [3.8, 4) is 0 Å². The summed E-state index contributed by atoms with van der Waals surface area (Å²) >= 11 is 5.86. The first-order valence-corrected chi connectivity index (χ1v) is 9.57. The number of benzene rings is 2. The lowest BCUT2D eigenvalue weighted by molar-refractivity contribution is 0.0997. The Morgan fingerprint density at radius 2 is 1.85 bits per heavy atom. The Morgan fingerprint density at radius 3 is 2.56 bits per heavy atom. The summed E-state index contributed by atoms with van der Waals surface area (Å²) in [6.45, 7) is 0. The van der Waals surface area contributed by atoms with Gasteiger partial charge in [-0.05, 0) is 36.4 Å². The predicted octanol–water partition coefficient (Wildman–Crippen LogP) is 2.95. The number of hydrogen-bond acceptors (Lipinski definition) is 5. The molecule has 1 amide bonds. The number of anilines is 1. The number of nitrogens with one attached hydrogen (secondary N) is 1. The molecule has 9 heteroatoms. The second kappa shape index (κ2) is 7.15. The van der Waals surface area contributed by atoms with Crippen molar-refractivity contribution in [2.45, 2.75) is 4.90 Å². The molecule has 1 heterocycles. The molecule has 0 saturated heterocycles. The number of fused-ring (bicyclic) bond motifs is 1. The molecule has 0 saturated carbocycles. The number of carbonyl (C=O) groups is 1. The smallest absolute Gasteiger partial charge is 0.291 e. The normalized spacial score (nSPS) is 11.7. The van der Waals surface area contributed by atoms with E-state index in [0.717, 1.165) is 10.4 Å². The molecule has 0 fully saturated rings. The minimum atomic E-state index is -3.64. The Labute approximate surface area is 160 Å². The molecule has 0 aliphatic carbocycles. The molecule has 3 aromatic rings. The van der Waals surface area contributed by atoms with Gasteiger partial charge in [-0.1, -0.05) is 17.7 Å². The molecule has 7 nitrogen and oxygen atoms in total. The van der Waals surface area contributed by atoms with E-state index in [9.17, 15) is 18.0 Å². The number of hydrogen-bond donors (Lipinski definition) is 1. The fraction of sp³-hybridized carbons (Fsp3) is 0.111. The molecule has 0 bridgehead atoms. The Balaban J connectivity index is 1.94. The number of rotatable bonds is 4. The lowest BCUT2D eigenvalue weighted by Crippen LogP contribution is -2.22. The highest BCUT2D eigenvalue weighted by molar-refractivity contribution is 7.89. The third-order valence-corrected chi connectivity index (χ3v) is 5.83. The van der Waals surface area contributed by atoms with Gasteiger partial charge in [0.15, 0.2) is 11.2 Å². The first-order valence-electron chi connectivity index (χ1n) is 7.76. The standard InChI is InChI=1S/C18H15ClN2O5S/c1-21(2)27(24,25)13-5-3-4-12(9-13)20-18(23)17-10-15(22)14-8-11(19)6-7-16(14)26-17/h3-10H,1-2H3,(H,20,23). The molecule has 0 spiro atoms. The Hall–Kier alpha value is -2.68. The predicted molar refractivity (Wildman–Crippen MR) is 103 cm³/mol. The highest BCUT2D eigenvalue weighted by Gasteiger charge is 2.18. The molecule has 1 N–H and O–H groups in total. The molecular formula is C18H15ClN2O5S. The van der Waals surface area contributed by atoms with Crippen molar-refractivity contribution < 1.29 is 17.6 Å². The fourth-order valence-corrected chi connectivity index (χ4v) is 3.50. The number of sulfonamides is 1. The molecule has 3 rings (SSSR count). The van der Waals surface area contributed by atoms with Gasteiger partial charge in [-0.15, -0.1) is 0 Å². The Kier molecular flexibility index (Phi) is 5.05. The van der Waals surface area contributed by atoms with Crippen molar-refractivity contribution in [2.75, 3.05) is 19.4 Å². The molecular weight excluding hydrogens is 392 g/mol. The maximum absolute atomic E-state index is 12.4. The van der Waals surface area contributed by atoms with E-state index in [4.69, 9.17) is 16.0 Å². The van der Waals surface area contributed by atoms with Crippen LogP contribution >= 0.6 is 11.6 Å². The van der Waals surface area contributed by atoms with Gasteiger partial charge in [0.1, 0.15) is 5.58 Å². The summed E-state index contributed by atoms with van der Waals surface area (Å²) in [7, 11) is -0.817. The zero-order chi connectivity index (χ0) is 19.8. The molecule has 0 aliphatic rings. The Bertz CT molecular complexity index is 1200. The topological polar surface area (TPSA) is 96.7 Å². The summed E-state index contributed by atoms with van der Waals surface area (Å²) in [5.41, 5.74) is 0.0654. The van der Waals surface area contributed by atoms with E-state index in [0.29, 0.717) is 5.02 Å². The lowest BCUT2D eigenvalue weighted by Gasteiger charge is -2.12. The lowest BCUT2D eigenvalue weighted by atomic mass is 10.2. The van der Waals surface area contributed by atoms with Crippen LogP contribution in [0.25, 0.3) is 11.0 Å². The van der Waals surface area contributed by atoms with Gasteiger partial charge in [-0.2, -0.15) is 0 Å². The zero-order valence-electron chi connectivity index (χ0n) is 14.4. The van der Waals surface area contributed by atoms with E-state index in [1.54, 1.807) is 6.07 Å². The average molecular weight is 407 g/mol. The molecule has 0 atom stereocenters. The van der Waals surface area contributed by atoms with Gasteiger partial charge in [0.05, 0.1) is 10.3 Å². The molecule has 0 aliphatic heterocycles. The van der Waals surface area contributed by atoms with Gasteiger partial charge < -0.3 is 9.73 Å². The first-order chi connectivity index (χ1) is 12.7. The third-order valence-electron chi connectivity index (χ3n) is 3.78. The van der Waals surface area contributed by atoms with Crippen molar-refractivity contribution in [1.29, 1.82) is 0 Å². The minimum absolute atomic E-state index is 0.0277. The largest absolute Gasteiger partial charge is 0.451 e. The third kappa shape index (κ3) is 3.87. The van der Waals surface area contributed by atoms with E-state index < -0.39 is 21.4 Å². The van der Waals surface area contributed by atoms with Gasteiger partial charge in [-0.25, -0.2) is 12.7 Å². The highest BCUT2D eigenvalue weighted by Crippen LogP contribution is 2.20. The maximum atomic E-state index is 12.4. The second-order valence-electron chi connectivity index (χ2n) is 5.88. The van der Waals surface area contributed by atoms with Gasteiger partial charge in [0.25, 0.3) is 5.91 Å². The van der Waals surface area contributed by atoms with E-state index in [2.05, 4.69) is 5.32 Å². The van der Waals surface area contributed by atoms with Crippen LogP contribution in [0.4, 0.5) is 5.69 Å². The van der Waals surface area contributed by atoms with Crippen LogP contribution in [-0.2, 0) is 10.0 Å². The van der Waals surface area contributed by atoms with E-state index in [1.165, 1.54) is 50.5 Å². The molecule has 140 valence electrons. The monoisotopic (exact) mass is 406 g/mol. The fourth-order valence-electron chi connectivity index (χ4n) is 2.38. The summed E-state index contributed by atoms with van der Waals surface area (Å²) in [5, 5.41) is 3.17. The average Bonchev–Trinajstić information content (AvgIpc) is 2.62. The van der Waals surface area contributed by atoms with Crippen molar-refractivity contribution in [3.05, 3.63) is 69.5 Å². The van der Waals surface area contributed by atoms with Crippen LogP contribution in [0.2, 0.25) is 5.02 Å². The van der Waals surface area contributed by atoms with Crippen molar-refractivity contribution >= 4 is 44.2 Å². The van der Waals surface area contributed by atoms with E-state index in [1.807, 2.05) is 0 Å². The zero-order valence-corrected chi connectivity index (χ0v) is 16.0. The second-order valence-corrected chi connectivity index (χ2v) is 8.47. The highest BCUT2D eigenvalue weighted by atomic mass is 35.5. The summed E-state index contributed by atoms with van der Waals surface area (Å²) in [4.78, 5) is 24.7. The summed E-state index contributed by atoms with van der Waals surface area (Å²) in [5.74, 6) is -0.876. The summed E-state index contributed by atoms with van der Waals surface area (Å²) < 4.78 is 30.9.